The van der Waals surface area contributed by atoms with Crippen LogP contribution in [-0.4, -0.2) is 48.0 Å². The van der Waals surface area contributed by atoms with Crippen LogP contribution >= 0.6 is 0 Å². The monoisotopic (exact) mass is 400 g/mol. The van der Waals surface area contributed by atoms with E-state index in [0.29, 0.717) is 30.0 Å². The minimum absolute atomic E-state index is 0.119. The lowest BCUT2D eigenvalue weighted by Gasteiger charge is -2.21. The molecule has 2 aliphatic heterocycles. The minimum Gasteiger partial charge on any atom is -0.454 e. The van der Waals surface area contributed by atoms with Gasteiger partial charge in [-0.15, -0.1) is 0 Å². The number of allylic oxidation sites excluding steroid dienone is 2. The quantitative estimate of drug-likeness (QED) is 0.450. The van der Waals surface area contributed by atoms with E-state index >= 15 is 0 Å². The van der Waals surface area contributed by atoms with Crippen LogP contribution < -0.4 is 14.8 Å². The lowest BCUT2D eigenvalue weighted by Crippen LogP contribution is -2.45. The summed E-state index contributed by atoms with van der Waals surface area (Å²) in [4.78, 5) is 50.4. The molecule has 9 nitrogen and oxygen atoms in total. The lowest BCUT2D eigenvalue weighted by atomic mass is 9.85. The number of nitrogens with zero attached hydrogens (tertiary/aromatic N) is 1. The number of hydrogen-bond acceptors (Lipinski definition) is 7. The summed E-state index contributed by atoms with van der Waals surface area (Å²) in [5, 5.41) is 2.59. The molecule has 0 radical (unpaired) electrons. The summed E-state index contributed by atoms with van der Waals surface area (Å²) in [6.07, 6.45) is 4.73. The third-order valence-corrected chi connectivity index (χ3v) is 5.27. The van der Waals surface area contributed by atoms with Gasteiger partial charge in [-0.3, -0.25) is 19.3 Å². The van der Waals surface area contributed by atoms with Crippen LogP contribution in [0.2, 0.25) is 0 Å². The van der Waals surface area contributed by atoms with Crippen molar-refractivity contribution in [3.05, 3.63) is 30.4 Å². The number of anilines is 1. The first-order valence-corrected chi connectivity index (χ1v) is 9.33. The molecule has 2 heterocycles. The van der Waals surface area contributed by atoms with E-state index in [4.69, 9.17) is 14.2 Å². The molecule has 0 aromatic heterocycles. The second kappa shape index (κ2) is 7.57. The van der Waals surface area contributed by atoms with Crippen molar-refractivity contribution in [2.75, 3.05) is 18.7 Å². The highest BCUT2D eigenvalue weighted by atomic mass is 16.7. The van der Waals surface area contributed by atoms with Gasteiger partial charge in [-0.05, 0) is 31.9 Å². The van der Waals surface area contributed by atoms with Crippen LogP contribution in [0.15, 0.2) is 30.4 Å². The molecule has 3 atom stereocenters. The molecular formula is C20H20N2O7. The molecule has 1 N–H and O–H groups in total. The molecule has 3 amide bonds. The van der Waals surface area contributed by atoms with Crippen LogP contribution in [0.1, 0.15) is 19.8 Å². The predicted molar refractivity (Wildman–Crippen MR) is 98.8 cm³/mol. The van der Waals surface area contributed by atoms with Crippen molar-refractivity contribution in [2.45, 2.75) is 25.8 Å². The first-order valence-electron chi connectivity index (χ1n) is 9.33. The maximum Gasteiger partial charge on any atom is 0.329 e. The number of rotatable bonds is 5. The summed E-state index contributed by atoms with van der Waals surface area (Å²) in [6, 6.07) is 3.80. The van der Waals surface area contributed by atoms with Gasteiger partial charge in [0.25, 0.3) is 5.91 Å². The van der Waals surface area contributed by atoms with Gasteiger partial charge in [-0.25, -0.2) is 4.79 Å². The summed E-state index contributed by atoms with van der Waals surface area (Å²) in [7, 11) is 0. The molecule has 0 spiro atoms. The SMILES string of the molecule is C[C@@H](C(=O)OCC(=O)Nc1ccc2c(c1)OCO2)N1C(=O)[C@@H]2CC=CC[C@H]2C1=O. The van der Waals surface area contributed by atoms with Gasteiger partial charge in [0.15, 0.2) is 18.1 Å². The molecule has 0 saturated carbocycles. The maximum atomic E-state index is 12.5. The largest absolute Gasteiger partial charge is 0.454 e. The zero-order valence-corrected chi connectivity index (χ0v) is 15.8. The number of imide groups is 1. The Balaban J connectivity index is 1.31. The molecule has 1 aromatic carbocycles. The second-order valence-electron chi connectivity index (χ2n) is 7.10. The molecule has 1 aliphatic carbocycles. The Hall–Kier alpha value is -3.36. The van der Waals surface area contributed by atoms with E-state index in [-0.39, 0.29) is 18.6 Å². The summed E-state index contributed by atoms with van der Waals surface area (Å²) in [6.45, 7) is 1.01. The first-order chi connectivity index (χ1) is 14.0. The smallest absolute Gasteiger partial charge is 0.329 e. The molecule has 3 aliphatic rings. The van der Waals surface area contributed by atoms with Crippen LogP contribution in [0.3, 0.4) is 0 Å². The van der Waals surface area contributed by atoms with Crippen molar-refractivity contribution in [2.24, 2.45) is 11.8 Å². The van der Waals surface area contributed by atoms with Crippen molar-refractivity contribution in [3.8, 4) is 11.5 Å². The normalized spacial score (nSPS) is 23.0. The highest BCUT2D eigenvalue weighted by Gasteiger charge is 2.50. The average Bonchev–Trinajstić information content (AvgIpc) is 3.28. The van der Waals surface area contributed by atoms with Crippen molar-refractivity contribution in [1.82, 2.24) is 4.90 Å². The first kappa shape index (κ1) is 19.0. The van der Waals surface area contributed by atoms with Crippen molar-refractivity contribution >= 4 is 29.4 Å². The molecule has 152 valence electrons. The van der Waals surface area contributed by atoms with Crippen molar-refractivity contribution in [3.63, 3.8) is 0 Å². The molecule has 0 bridgehead atoms. The van der Waals surface area contributed by atoms with Gasteiger partial charge in [-0.2, -0.15) is 0 Å². The molecule has 4 rings (SSSR count). The number of ether oxygens (including phenoxy) is 3. The number of likely N-dealkylation sites (tertiary alicyclic amines) is 1. The average molecular weight is 400 g/mol. The zero-order valence-electron chi connectivity index (χ0n) is 15.8. The summed E-state index contributed by atoms with van der Waals surface area (Å²) in [5.41, 5.74) is 0.463. The minimum atomic E-state index is -1.08. The Bertz CT molecular complexity index is 884. The fourth-order valence-corrected chi connectivity index (χ4v) is 3.74. The Morgan fingerprint density at radius 2 is 1.79 bits per heavy atom. The van der Waals surface area contributed by atoms with E-state index in [2.05, 4.69) is 5.32 Å². The standard InChI is InChI=1S/C20H20N2O7/c1-11(22-18(24)13-4-2-3-5-14(13)19(22)25)20(26)27-9-17(23)21-12-6-7-15-16(8-12)29-10-28-15/h2-3,6-8,11,13-14H,4-5,9-10H2,1H3,(H,21,23)/t11-,13+,14+/m0/s1. The van der Waals surface area contributed by atoms with E-state index in [1.807, 2.05) is 12.2 Å². The number of benzene rings is 1. The fourth-order valence-electron chi connectivity index (χ4n) is 3.74. The number of fused-ring (bicyclic) bond motifs is 2. The summed E-state index contributed by atoms with van der Waals surface area (Å²) >= 11 is 0. The zero-order chi connectivity index (χ0) is 20.5. The molecule has 0 unspecified atom stereocenters. The van der Waals surface area contributed by atoms with Gasteiger partial charge < -0.3 is 19.5 Å². The van der Waals surface area contributed by atoms with Crippen LogP contribution in [-0.2, 0) is 23.9 Å². The third-order valence-electron chi connectivity index (χ3n) is 5.27. The van der Waals surface area contributed by atoms with Gasteiger partial charge in [-0.1, -0.05) is 12.2 Å². The van der Waals surface area contributed by atoms with Gasteiger partial charge in [0.05, 0.1) is 11.8 Å². The summed E-state index contributed by atoms with van der Waals surface area (Å²) < 4.78 is 15.5. The topological polar surface area (TPSA) is 111 Å². The second-order valence-corrected chi connectivity index (χ2v) is 7.10. The molecule has 1 saturated heterocycles. The number of hydrogen-bond donors (Lipinski definition) is 1. The highest BCUT2D eigenvalue weighted by Crippen LogP contribution is 2.36. The van der Waals surface area contributed by atoms with Crippen LogP contribution in [0, 0.1) is 11.8 Å². The predicted octanol–water partition coefficient (Wildman–Crippen LogP) is 1.24. The number of amides is 3. The Morgan fingerprint density at radius 1 is 1.14 bits per heavy atom. The van der Waals surface area contributed by atoms with Gasteiger partial charge in [0.1, 0.15) is 6.04 Å². The van der Waals surface area contributed by atoms with Gasteiger partial charge in [0, 0.05) is 11.8 Å². The van der Waals surface area contributed by atoms with E-state index in [1.165, 1.54) is 6.92 Å². The van der Waals surface area contributed by atoms with Crippen molar-refractivity contribution < 1.29 is 33.4 Å². The van der Waals surface area contributed by atoms with E-state index in [1.54, 1.807) is 18.2 Å². The molecular weight excluding hydrogens is 380 g/mol. The highest BCUT2D eigenvalue weighted by molar-refractivity contribution is 6.08. The Labute approximate surface area is 166 Å². The lowest BCUT2D eigenvalue weighted by molar-refractivity contribution is -0.159. The van der Waals surface area contributed by atoms with E-state index in [0.717, 1.165) is 4.90 Å². The van der Waals surface area contributed by atoms with Crippen LogP contribution in [0.4, 0.5) is 5.69 Å². The van der Waals surface area contributed by atoms with E-state index < -0.39 is 36.4 Å². The van der Waals surface area contributed by atoms with Crippen LogP contribution in [0.5, 0.6) is 11.5 Å². The third kappa shape index (κ3) is 3.55. The number of nitrogens with one attached hydrogen (secondary N) is 1. The Kier molecular flexibility index (Phi) is 4.96. The molecule has 9 heteroatoms. The molecule has 1 aromatic rings. The Morgan fingerprint density at radius 3 is 2.48 bits per heavy atom. The number of carbonyl (C=O) groups excluding carboxylic acids is 4. The van der Waals surface area contributed by atoms with Gasteiger partial charge in [0.2, 0.25) is 18.6 Å². The van der Waals surface area contributed by atoms with Gasteiger partial charge >= 0.3 is 5.97 Å². The number of carbonyl (C=O) groups is 4. The summed E-state index contributed by atoms with van der Waals surface area (Å²) in [5.74, 6) is -1.83. The van der Waals surface area contributed by atoms with Crippen LogP contribution in [0.25, 0.3) is 0 Å². The van der Waals surface area contributed by atoms with Crippen molar-refractivity contribution in [1.29, 1.82) is 0 Å². The number of esters is 1. The van der Waals surface area contributed by atoms with E-state index in [9.17, 15) is 19.2 Å². The molecule has 1 fully saturated rings. The maximum absolute atomic E-state index is 12.5. The fraction of sp³-hybridized carbons (Fsp3) is 0.400. The molecule has 29 heavy (non-hydrogen) atoms.